The van der Waals surface area contributed by atoms with Crippen LogP contribution < -0.4 is 0 Å². The predicted molar refractivity (Wildman–Crippen MR) is 86.4 cm³/mol. The quantitative estimate of drug-likeness (QED) is 0.202. The third-order valence-electron chi connectivity index (χ3n) is 2.56. The van der Waals surface area contributed by atoms with Crippen molar-refractivity contribution in [3.63, 3.8) is 0 Å². The summed E-state index contributed by atoms with van der Waals surface area (Å²) in [7, 11) is 0. The number of allylic oxidation sites excluding steroid dienone is 4. The molecular weight excluding hydrogens is 264 g/mol. The zero-order valence-corrected chi connectivity index (χ0v) is 13.1. The van der Waals surface area contributed by atoms with Crippen molar-refractivity contribution >= 4 is 6.47 Å². The normalized spacial score (nSPS) is 12.0. The third kappa shape index (κ3) is 9.34. The highest BCUT2D eigenvalue weighted by molar-refractivity contribution is 5.37. The van der Waals surface area contributed by atoms with E-state index >= 15 is 0 Å². The van der Waals surface area contributed by atoms with Gasteiger partial charge in [0.25, 0.3) is 6.47 Å². The van der Waals surface area contributed by atoms with Gasteiger partial charge < -0.3 is 9.47 Å². The molecule has 0 atom stereocenters. The lowest BCUT2D eigenvalue weighted by molar-refractivity contribution is -0.128. The maximum absolute atomic E-state index is 10.1. The van der Waals surface area contributed by atoms with Crippen LogP contribution in [0.2, 0.25) is 0 Å². The van der Waals surface area contributed by atoms with E-state index in [0.29, 0.717) is 31.9 Å². The SMILES string of the molecule is C=C/C(=C\C=C(/C=C)OCC(C)(C)C#CC)CCOC=O. The number of ether oxygens (including phenoxy) is 2. The van der Waals surface area contributed by atoms with Gasteiger partial charge in [-0.05, 0) is 38.5 Å². The Kier molecular flexibility index (Phi) is 9.45. The number of carbonyl (C=O) groups is 1. The molecule has 0 amide bonds. The van der Waals surface area contributed by atoms with Crippen molar-refractivity contribution in [3.05, 3.63) is 48.8 Å². The molecule has 0 fully saturated rings. The van der Waals surface area contributed by atoms with Crippen molar-refractivity contribution in [2.75, 3.05) is 13.2 Å². The van der Waals surface area contributed by atoms with Gasteiger partial charge in [0, 0.05) is 6.42 Å². The molecule has 0 aliphatic heterocycles. The van der Waals surface area contributed by atoms with Gasteiger partial charge >= 0.3 is 0 Å². The van der Waals surface area contributed by atoms with Crippen LogP contribution >= 0.6 is 0 Å². The first-order valence-corrected chi connectivity index (χ1v) is 6.76. The molecule has 0 rings (SSSR count). The Hall–Kier alpha value is -2.21. The number of hydrogen-bond donors (Lipinski definition) is 0. The summed E-state index contributed by atoms with van der Waals surface area (Å²) < 4.78 is 10.4. The number of carbonyl (C=O) groups excluding carboxylic acids is 1. The highest BCUT2D eigenvalue weighted by Gasteiger charge is 2.15. The average molecular weight is 288 g/mol. The van der Waals surface area contributed by atoms with E-state index in [1.165, 1.54) is 0 Å². The summed E-state index contributed by atoms with van der Waals surface area (Å²) in [4.78, 5) is 10.1. The molecule has 0 aliphatic carbocycles. The third-order valence-corrected chi connectivity index (χ3v) is 2.56. The van der Waals surface area contributed by atoms with Gasteiger partial charge in [0.2, 0.25) is 0 Å². The molecule has 0 unspecified atom stereocenters. The standard InChI is InChI=1S/C18H24O3/c1-6-12-18(4,5)14-21-17(8-3)10-9-16(7-2)11-13-20-15-19/h7-10,15H,2-3,11,13-14H2,1,4-5H3/b16-9+,17-10+. The molecule has 114 valence electrons. The largest absolute Gasteiger partial charge is 0.492 e. The summed E-state index contributed by atoms with van der Waals surface area (Å²) in [6, 6.07) is 0. The number of rotatable bonds is 10. The fourth-order valence-corrected chi connectivity index (χ4v) is 1.48. The maximum atomic E-state index is 10.1. The summed E-state index contributed by atoms with van der Waals surface area (Å²) in [6.45, 7) is 14.6. The van der Waals surface area contributed by atoms with Gasteiger partial charge in [-0.3, -0.25) is 4.79 Å². The van der Waals surface area contributed by atoms with Crippen molar-refractivity contribution in [3.8, 4) is 11.8 Å². The van der Waals surface area contributed by atoms with E-state index < -0.39 is 0 Å². The highest BCUT2D eigenvalue weighted by atomic mass is 16.5. The van der Waals surface area contributed by atoms with E-state index in [1.54, 1.807) is 12.2 Å². The molecule has 0 N–H and O–H groups in total. The first kappa shape index (κ1) is 18.8. The van der Waals surface area contributed by atoms with Crippen LogP contribution in [0.5, 0.6) is 0 Å². The van der Waals surface area contributed by atoms with E-state index in [1.807, 2.05) is 32.9 Å². The summed E-state index contributed by atoms with van der Waals surface area (Å²) >= 11 is 0. The van der Waals surface area contributed by atoms with Crippen LogP contribution in [0.1, 0.15) is 27.2 Å². The average Bonchev–Trinajstić information content (AvgIpc) is 2.45. The molecule has 0 saturated carbocycles. The molecule has 0 aromatic carbocycles. The van der Waals surface area contributed by atoms with Crippen LogP contribution in [-0.2, 0) is 14.3 Å². The molecule has 0 bridgehead atoms. The zero-order chi connectivity index (χ0) is 16.1. The summed E-state index contributed by atoms with van der Waals surface area (Å²) in [5.41, 5.74) is 0.743. The second-order valence-corrected chi connectivity index (χ2v) is 4.98. The predicted octanol–water partition coefficient (Wildman–Crippen LogP) is 3.80. The van der Waals surface area contributed by atoms with Crippen molar-refractivity contribution in [1.82, 2.24) is 0 Å². The van der Waals surface area contributed by atoms with Crippen LogP contribution in [0.25, 0.3) is 0 Å². The Balaban J connectivity index is 4.68. The lowest BCUT2D eigenvalue weighted by atomic mass is 9.96. The van der Waals surface area contributed by atoms with Gasteiger partial charge in [0.15, 0.2) is 0 Å². The van der Waals surface area contributed by atoms with Crippen LogP contribution in [0.15, 0.2) is 48.8 Å². The molecule has 3 heteroatoms. The Labute approximate surface area is 128 Å². The van der Waals surface area contributed by atoms with Crippen molar-refractivity contribution < 1.29 is 14.3 Å². The minimum atomic E-state index is -0.209. The molecule has 0 aliphatic rings. The van der Waals surface area contributed by atoms with Crippen molar-refractivity contribution in [1.29, 1.82) is 0 Å². The molecule has 0 saturated heterocycles. The van der Waals surface area contributed by atoms with E-state index in [9.17, 15) is 4.79 Å². The topological polar surface area (TPSA) is 35.5 Å². The molecule has 0 heterocycles. The maximum Gasteiger partial charge on any atom is 0.293 e. The van der Waals surface area contributed by atoms with Gasteiger partial charge in [0.05, 0.1) is 12.0 Å². The van der Waals surface area contributed by atoms with Gasteiger partial charge in [-0.1, -0.05) is 31.2 Å². The summed E-state index contributed by atoms with van der Waals surface area (Å²) in [5.74, 6) is 6.65. The molecule has 3 nitrogen and oxygen atoms in total. The first-order chi connectivity index (χ1) is 9.99. The van der Waals surface area contributed by atoms with Gasteiger partial charge in [-0.15, -0.1) is 5.92 Å². The van der Waals surface area contributed by atoms with Crippen LogP contribution in [0, 0.1) is 17.3 Å². The van der Waals surface area contributed by atoms with Crippen molar-refractivity contribution in [2.24, 2.45) is 5.41 Å². The molecule has 0 aromatic heterocycles. The van der Waals surface area contributed by atoms with Crippen LogP contribution in [-0.4, -0.2) is 19.7 Å². The second-order valence-electron chi connectivity index (χ2n) is 4.98. The lowest BCUT2D eigenvalue weighted by Gasteiger charge is -2.18. The fraction of sp³-hybridized carbons (Fsp3) is 0.389. The van der Waals surface area contributed by atoms with E-state index in [-0.39, 0.29) is 5.41 Å². The Morgan fingerprint density at radius 3 is 2.48 bits per heavy atom. The van der Waals surface area contributed by atoms with Gasteiger partial charge in [-0.2, -0.15) is 0 Å². The molecule has 0 spiro atoms. The first-order valence-electron chi connectivity index (χ1n) is 6.76. The van der Waals surface area contributed by atoms with Gasteiger partial charge in [-0.25, -0.2) is 0 Å². The zero-order valence-electron chi connectivity index (χ0n) is 13.1. The number of hydrogen-bond acceptors (Lipinski definition) is 3. The lowest BCUT2D eigenvalue weighted by Crippen LogP contribution is -2.16. The monoisotopic (exact) mass is 288 g/mol. The Bertz CT molecular complexity index is 470. The molecule has 21 heavy (non-hydrogen) atoms. The van der Waals surface area contributed by atoms with Gasteiger partial charge in [0.1, 0.15) is 12.4 Å². The van der Waals surface area contributed by atoms with E-state index in [0.717, 1.165) is 5.57 Å². The van der Waals surface area contributed by atoms with Crippen LogP contribution in [0.4, 0.5) is 0 Å². The van der Waals surface area contributed by atoms with E-state index in [2.05, 4.69) is 29.7 Å². The molecule has 0 radical (unpaired) electrons. The van der Waals surface area contributed by atoms with Crippen LogP contribution in [0.3, 0.4) is 0 Å². The van der Waals surface area contributed by atoms with E-state index in [4.69, 9.17) is 4.74 Å². The smallest absolute Gasteiger partial charge is 0.293 e. The highest BCUT2D eigenvalue weighted by Crippen LogP contribution is 2.16. The summed E-state index contributed by atoms with van der Waals surface area (Å²) in [5, 5.41) is 0. The Morgan fingerprint density at radius 1 is 1.24 bits per heavy atom. The fourth-order valence-electron chi connectivity index (χ4n) is 1.48. The minimum Gasteiger partial charge on any atom is -0.492 e. The molecular formula is C18H24O3. The molecule has 0 aromatic rings. The minimum absolute atomic E-state index is 0.209. The Morgan fingerprint density at radius 2 is 1.95 bits per heavy atom. The van der Waals surface area contributed by atoms with Crippen molar-refractivity contribution in [2.45, 2.75) is 27.2 Å². The summed E-state index contributed by atoms with van der Waals surface area (Å²) in [6.07, 6.45) is 7.67. The second kappa shape index (κ2) is 10.6.